The second-order valence-electron chi connectivity index (χ2n) is 7.80. The number of halogens is 1. The number of hydrogen-bond donors (Lipinski definition) is 1. The third-order valence-electron chi connectivity index (χ3n) is 5.64. The zero-order valence-corrected chi connectivity index (χ0v) is 18.8. The Bertz CT molecular complexity index is 1640. The zero-order valence-electron chi connectivity index (χ0n) is 17.3. The van der Waals surface area contributed by atoms with E-state index in [0.29, 0.717) is 28.0 Å². The summed E-state index contributed by atoms with van der Waals surface area (Å²) >= 11 is 6.17. The summed E-state index contributed by atoms with van der Waals surface area (Å²) in [5.74, 6) is -1.01. The van der Waals surface area contributed by atoms with Crippen LogP contribution in [0.15, 0.2) is 95.9 Å². The smallest absolute Gasteiger partial charge is 0.335 e. The van der Waals surface area contributed by atoms with E-state index >= 15 is 0 Å². The predicted molar refractivity (Wildman–Crippen MR) is 130 cm³/mol. The third-order valence-corrected chi connectivity index (χ3v) is 7.63. The Morgan fingerprint density at radius 2 is 1.55 bits per heavy atom. The number of benzene rings is 4. The van der Waals surface area contributed by atoms with Crippen molar-refractivity contribution in [1.29, 1.82) is 0 Å². The Labute approximate surface area is 195 Å². The van der Waals surface area contributed by atoms with Crippen LogP contribution in [-0.2, 0) is 16.4 Å². The minimum Gasteiger partial charge on any atom is -0.478 e. The molecule has 0 amide bonds. The number of hydrogen-bond acceptors (Lipinski definition) is 3. The molecule has 5 aromatic rings. The average molecular weight is 476 g/mol. The lowest BCUT2D eigenvalue weighted by molar-refractivity contribution is 0.0697. The molecule has 5 rings (SSSR count). The second-order valence-corrected chi connectivity index (χ2v) is 10.0. The van der Waals surface area contributed by atoms with E-state index < -0.39 is 16.0 Å². The molecule has 4 aromatic carbocycles. The van der Waals surface area contributed by atoms with Gasteiger partial charge in [0.05, 0.1) is 16.0 Å². The lowest BCUT2D eigenvalue weighted by atomic mass is 10.1. The van der Waals surface area contributed by atoms with Crippen molar-refractivity contribution in [3.8, 4) is 0 Å². The summed E-state index contributed by atoms with van der Waals surface area (Å²) < 4.78 is 29.0. The first-order chi connectivity index (χ1) is 15.8. The van der Waals surface area contributed by atoms with E-state index in [2.05, 4.69) is 0 Å². The van der Waals surface area contributed by atoms with Gasteiger partial charge in [-0.1, -0.05) is 54.1 Å². The van der Waals surface area contributed by atoms with Crippen LogP contribution in [0, 0.1) is 0 Å². The van der Waals surface area contributed by atoms with Crippen molar-refractivity contribution in [2.24, 2.45) is 0 Å². The summed E-state index contributed by atoms with van der Waals surface area (Å²) in [4.78, 5) is 11.4. The van der Waals surface area contributed by atoms with Gasteiger partial charge in [0.1, 0.15) is 0 Å². The van der Waals surface area contributed by atoms with Crippen LogP contribution in [0.2, 0.25) is 5.02 Å². The molecular weight excluding hydrogens is 458 g/mol. The Hall–Kier alpha value is -3.61. The van der Waals surface area contributed by atoms with E-state index in [0.717, 1.165) is 16.3 Å². The number of carboxylic acids is 1. The highest BCUT2D eigenvalue weighted by atomic mass is 35.5. The van der Waals surface area contributed by atoms with Crippen LogP contribution in [0.1, 0.15) is 21.6 Å². The quantitative estimate of drug-likeness (QED) is 0.339. The number of aromatic carboxylic acids is 1. The minimum atomic E-state index is -3.92. The van der Waals surface area contributed by atoms with Gasteiger partial charge in [0.25, 0.3) is 10.0 Å². The summed E-state index contributed by atoms with van der Waals surface area (Å²) in [5, 5.41) is 12.2. The van der Waals surface area contributed by atoms with E-state index in [1.807, 2.05) is 30.3 Å². The van der Waals surface area contributed by atoms with Gasteiger partial charge in [-0.2, -0.15) is 0 Å². The molecule has 0 unspecified atom stereocenters. The largest absolute Gasteiger partial charge is 0.478 e. The highest BCUT2D eigenvalue weighted by Crippen LogP contribution is 2.30. The predicted octanol–water partition coefficient (Wildman–Crippen LogP) is 5.97. The first kappa shape index (κ1) is 21.2. The molecule has 0 saturated heterocycles. The molecule has 0 bridgehead atoms. The van der Waals surface area contributed by atoms with Gasteiger partial charge in [0.2, 0.25) is 0 Å². The molecule has 1 aromatic heterocycles. The van der Waals surface area contributed by atoms with Crippen molar-refractivity contribution in [3.63, 3.8) is 0 Å². The fourth-order valence-electron chi connectivity index (χ4n) is 4.03. The minimum absolute atomic E-state index is 0.176. The van der Waals surface area contributed by atoms with Gasteiger partial charge in [-0.05, 0) is 64.9 Å². The van der Waals surface area contributed by atoms with E-state index in [1.54, 1.807) is 48.5 Å². The second kappa shape index (κ2) is 8.06. The molecule has 164 valence electrons. The molecule has 0 spiro atoms. The van der Waals surface area contributed by atoms with Crippen LogP contribution < -0.4 is 0 Å². The van der Waals surface area contributed by atoms with Crippen molar-refractivity contribution in [2.75, 3.05) is 0 Å². The fraction of sp³-hybridized carbons (Fsp3) is 0.0385. The Kier molecular flexibility index (Phi) is 5.19. The first-order valence-electron chi connectivity index (χ1n) is 10.2. The zero-order chi connectivity index (χ0) is 23.2. The Morgan fingerprint density at radius 3 is 2.27 bits per heavy atom. The van der Waals surface area contributed by atoms with E-state index in [9.17, 15) is 13.2 Å². The summed E-state index contributed by atoms with van der Waals surface area (Å²) in [6, 6.07) is 26.0. The van der Waals surface area contributed by atoms with Gasteiger partial charge in [-0.3, -0.25) is 0 Å². The monoisotopic (exact) mass is 475 g/mol. The van der Waals surface area contributed by atoms with Crippen LogP contribution >= 0.6 is 11.6 Å². The standard InChI is InChI=1S/C26H18ClNO4S/c27-22-10-12-25-21(14-22)15-23(13-17-5-7-19(8-6-17)26(29)30)28(25)33(31,32)24-11-9-18-3-1-2-4-20(18)16-24/h1-12,14-16H,13H2,(H,29,30). The first-order valence-corrected chi connectivity index (χ1v) is 12.0. The van der Waals surface area contributed by atoms with Crippen molar-refractivity contribution in [1.82, 2.24) is 3.97 Å². The van der Waals surface area contributed by atoms with Crippen LogP contribution in [0.5, 0.6) is 0 Å². The molecule has 1 heterocycles. The van der Waals surface area contributed by atoms with E-state index in [-0.39, 0.29) is 10.5 Å². The molecule has 0 radical (unpaired) electrons. The number of aromatic nitrogens is 1. The maximum Gasteiger partial charge on any atom is 0.335 e. The average Bonchev–Trinajstić information content (AvgIpc) is 3.16. The fourth-order valence-corrected chi connectivity index (χ4v) is 5.79. The molecule has 5 nitrogen and oxygen atoms in total. The maximum atomic E-state index is 13.8. The third kappa shape index (κ3) is 3.88. The number of carboxylic acid groups (broad SMARTS) is 1. The summed E-state index contributed by atoms with van der Waals surface area (Å²) in [5.41, 5.74) is 2.06. The van der Waals surface area contributed by atoms with Gasteiger partial charge in [-0.15, -0.1) is 0 Å². The van der Waals surface area contributed by atoms with E-state index in [4.69, 9.17) is 16.7 Å². The number of rotatable bonds is 5. The molecule has 0 aliphatic heterocycles. The van der Waals surface area contributed by atoms with Gasteiger partial charge >= 0.3 is 5.97 Å². The lowest BCUT2D eigenvalue weighted by Crippen LogP contribution is -2.16. The number of nitrogens with zero attached hydrogens (tertiary/aromatic N) is 1. The molecule has 7 heteroatoms. The van der Waals surface area contributed by atoms with Crippen LogP contribution in [0.3, 0.4) is 0 Å². The molecule has 33 heavy (non-hydrogen) atoms. The lowest BCUT2D eigenvalue weighted by Gasteiger charge is -2.13. The van der Waals surface area contributed by atoms with Crippen molar-refractivity contribution < 1.29 is 18.3 Å². The molecule has 0 atom stereocenters. The van der Waals surface area contributed by atoms with E-state index in [1.165, 1.54) is 16.1 Å². The Morgan fingerprint density at radius 1 is 0.818 bits per heavy atom. The maximum absolute atomic E-state index is 13.8. The number of fused-ring (bicyclic) bond motifs is 2. The summed E-state index contributed by atoms with van der Waals surface area (Å²) in [7, 11) is -3.92. The number of carbonyl (C=O) groups is 1. The Balaban J connectivity index is 1.67. The highest BCUT2D eigenvalue weighted by Gasteiger charge is 2.24. The molecule has 0 fully saturated rings. The topological polar surface area (TPSA) is 76.4 Å². The molecular formula is C26H18ClNO4S. The van der Waals surface area contributed by atoms with Gasteiger partial charge in [0.15, 0.2) is 0 Å². The normalized spacial score (nSPS) is 11.8. The molecule has 0 aliphatic carbocycles. The van der Waals surface area contributed by atoms with Crippen molar-refractivity contribution in [2.45, 2.75) is 11.3 Å². The van der Waals surface area contributed by atoms with Crippen LogP contribution in [-0.4, -0.2) is 23.5 Å². The summed E-state index contributed by atoms with van der Waals surface area (Å²) in [6.45, 7) is 0. The van der Waals surface area contributed by atoms with Crippen LogP contribution in [0.4, 0.5) is 0 Å². The molecule has 0 aliphatic rings. The summed E-state index contributed by atoms with van der Waals surface area (Å²) in [6.07, 6.45) is 0.305. The van der Waals surface area contributed by atoms with Gasteiger partial charge in [-0.25, -0.2) is 17.2 Å². The van der Waals surface area contributed by atoms with Gasteiger partial charge in [0, 0.05) is 22.5 Å². The van der Waals surface area contributed by atoms with Crippen molar-refractivity contribution in [3.05, 3.63) is 113 Å². The molecule has 1 N–H and O–H groups in total. The van der Waals surface area contributed by atoms with Crippen molar-refractivity contribution >= 4 is 49.3 Å². The highest BCUT2D eigenvalue weighted by molar-refractivity contribution is 7.90. The SMILES string of the molecule is O=C(O)c1ccc(Cc2cc3cc(Cl)ccc3n2S(=O)(=O)c2ccc3ccccc3c2)cc1. The van der Waals surface area contributed by atoms with Crippen LogP contribution in [0.25, 0.3) is 21.7 Å². The van der Waals surface area contributed by atoms with Gasteiger partial charge < -0.3 is 5.11 Å². The molecule has 0 saturated carbocycles.